The molecule has 17 heavy (non-hydrogen) atoms. The number of hydrogen-bond donors (Lipinski definition) is 2. The summed E-state index contributed by atoms with van der Waals surface area (Å²) in [6.45, 7) is 0. The fourth-order valence-corrected chi connectivity index (χ4v) is 1.72. The first-order valence-corrected chi connectivity index (χ1v) is 5.53. The van der Waals surface area contributed by atoms with Crippen molar-refractivity contribution in [1.82, 2.24) is 0 Å². The Morgan fingerprint density at radius 2 is 1.82 bits per heavy atom. The Morgan fingerprint density at radius 3 is 2.41 bits per heavy atom. The quantitative estimate of drug-likeness (QED) is 0.815. The van der Waals surface area contributed by atoms with Gasteiger partial charge < -0.3 is 15.8 Å². The van der Waals surface area contributed by atoms with Crippen molar-refractivity contribution < 1.29 is 4.74 Å². The Balaban J connectivity index is 2.25. The molecule has 88 valence electrons. The van der Waals surface area contributed by atoms with Gasteiger partial charge in [0, 0.05) is 5.69 Å². The van der Waals surface area contributed by atoms with Crippen LogP contribution in [-0.4, -0.2) is 7.11 Å². The van der Waals surface area contributed by atoms with Gasteiger partial charge >= 0.3 is 0 Å². The van der Waals surface area contributed by atoms with Crippen LogP contribution in [0.4, 0.5) is 17.1 Å². The van der Waals surface area contributed by atoms with E-state index < -0.39 is 0 Å². The SMILES string of the molecule is COc1ccc(Nc2c(N)cccc2Cl)cc1. The van der Waals surface area contributed by atoms with Gasteiger partial charge in [0.15, 0.2) is 0 Å². The topological polar surface area (TPSA) is 47.3 Å². The minimum Gasteiger partial charge on any atom is -0.497 e. The lowest BCUT2D eigenvalue weighted by atomic mass is 10.2. The zero-order valence-electron chi connectivity index (χ0n) is 9.41. The first-order chi connectivity index (χ1) is 8.20. The summed E-state index contributed by atoms with van der Waals surface area (Å²) in [6, 6.07) is 13.0. The predicted molar refractivity (Wildman–Crippen MR) is 72.1 cm³/mol. The number of rotatable bonds is 3. The van der Waals surface area contributed by atoms with Crippen molar-refractivity contribution in [2.45, 2.75) is 0 Å². The molecule has 0 radical (unpaired) electrons. The third-order valence-electron chi connectivity index (χ3n) is 2.41. The van der Waals surface area contributed by atoms with Crippen LogP contribution in [0.3, 0.4) is 0 Å². The average molecular weight is 249 g/mol. The molecule has 0 heterocycles. The lowest BCUT2D eigenvalue weighted by Crippen LogP contribution is -1.96. The number of halogens is 1. The van der Waals surface area contributed by atoms with Gasteiger partial charge in [0.1, 0.15) is 5.75 Å². The Hall–Kier alpha value is -1.87. The van der Waals surface area contributed by atoms with Crippen molar-refractivity contribution in [2.75, 3.05) is 18.2 Å². The zero-order chi connectivity index (χ0) is 12.3. The summed E-state index contributed by atoms with van der Waals surface area (Å²) in [5, 5.41) is 3.78. The second kappa shape index (κ2) is 4.97. The second-order valence-electron chi connectivity index (χ2n) is 3.56. The summed E-state index contributed by atoms with van der Waals surface area (Å²) < 4.78 is 5.09. The summed E-state index contributed by atoms with van der Waals surface area (Å²) >= 11 is 6.07. The van der Waals surface area contributed by atoms with Crippen LogP contribution in [0.5, 0.6) is 5.75 Å². The number of nitrogens with two attached hydrogens (primary N) is 1. The van der Waals surface area contributed by atoms with E-state index in [1.807, 2.05) is 30.3 Å². The molecule has 3 nitrogen and oxygen atoms in total. The van der Waals surface area contributed by atoms with E-state index in [9.17, 15) is 0 Å². The Bertz CT molecular complexity index is 491. The molecular formula is C13H13ClN2O. The van der Waals surface area contributed by atoms with E-state index in [-0.39, 0.29) is 0 Å². The molecular weight excluding hydrogens is 236 g/mol. The summed E-state index contributed by atoms with van der Waals surface area (Å²) in [5.41, 5.74) is 8.10. The molecule has 0 aliphatic rings. The van der Waals surface area contributed by atoms with E-state index in [0.29, 0.717) is 10.7 Å². The van der Waals surface area contributed by atoms with Crippen LogP contribution in [0, 0.1) is 0 Å². The van der Waals surface area contributed by atoms with Crippen LogP contribution < -0.4 is 15.8 Å². The summed E-state index contributed by atoms with van der Waals surface area (Å²) in [6.07, 6.45) is 0. The van der Waals surface area contributed by atoms with Crippen molar-refractivity contribution in [2.24, 2.45) is 0 Å². The van der Waals surface area contributed by atoms with Crippen LogP contribution in [0.2, 0.25) is 5.02 Å². The van der Waals surface area contributed by atoms with Crippen molar-refractivity contribution in [3.05, 3.63) is 47.5 Å². The highest BCUT2D eigenvalue weighted by Crippen LogP contribution is 2.31. The highest BCUT2D eigenvalue weighted by Gasteiger charge is 2.04. The molecule has 0 aromatic heterocycles. The van der Waals surface area contributed by atoms with Crippen LogP contribution >= 0.6 is 11.6 Å². The Kier molecular flexibility index (Phi) is 3.40. The largest absolute Gasteiger partial charge is 0.497 e. The number of anilines is 3. The van der Waals surface area contributed by atoms with Gasteiger partial charge in [-0.3, -0.25) is 0 Å². The van der Waals surface area contributed by atoms with Crippen molar-refractivity contribution in [3.63, 3.8) is 0 Å². The molecule has 0 amide bonds. The van der Waals surface area contributed by atoms with Gasteiger partial charge in [-0.2, -0.15) is 0 Å². The first-order valence-electron chi connectivity index (χ1n) is 5.16. The number of ether oxygens (including phenoxy) is 1. The van der Waals surface area contributed by atoms with Crippen molar-refractivity contribution in [1.29, 1.82) is 0 Å². The van der Waals surface area contributed by atoms with Crippen molar-refractivity contribution in [3.8, 4) is 5.75 Å². The summed E-state index contributed by atoms with van der Waals surface area (Å²) in [5.74, 6) is 0.808. The fourth-order valence-electron chi connectivity index (χ4n) is 1.49. The molecule has 0 saturated heterocycles. The molecule has 0 fully saturated rings. The predicted octanol–water partition coefficient (Wildman–Crippen LogP) is 3.67. The van der Waals surface area contributed by atoms with Gasteiger partial charge in [-0.1, -0.05) is 17.7 Å². The Labute approximate surface area is 105 Å². The van der Waals surface area contributed by atoms with Crippen LogP contribution in [-0.2, 0) is 0 Å². The number of nitrogens with one attached hydrogen (secondary N) is 1. The van der Waals surface area contributed by atoms with E-state index in [4.69, 9.17) is 22.1 Å². The molecule has 3 N–H and O–H groups in total. The van der Waals surface area contributed by atoms with Gasteiger partial charge in [0.2, 0.25) is 0 Å². The van der Waals surface area contributed by atoms with E-state index >= 15 is 0 Å². The molecule has 4 heteroatoms. The summed E-state index contributed by atoms with van der Waals surface area (Å²) in [7, 11) is 1.63. The van der Waals surface area contributed by atoms with Gasteiger partial charge in [-0.25, -0.2) is 0 Å². The third-order valence-corrected chi connectivity index (χ3v) is 2.72. The lowest BCUT2D eigenvalue weighted by Gasteiger charge is -2.11. The van der Waals surface area contributed by atoms with E-state index in [1.54, 1.807) is 19.2 Å². The van der Waals surface area contributed by atoms with E-state index in [0.717, 1.165) is 17.1 Å². The van der Waals surface area contributed by atoms with Crippen LogP contribution in [0.15, 0.2) is 42.5 Å². The normalized spacial score (nSPS) is 10.0. The number of methoxy groups -OCH3 is 1. The number of para-hydroxylation sites is 1. The third kappa shape index (κ3) is 2.63. The monoisotopic (exact) mass is 248 g/mol. The molecule has 2 aromatic rings. The van der Waals surface area contributed by atoms with E-state index in [2.05, 4.69) is 5.32 Å². The highest BCUT2D eigenvalue weighted by molar-refractivity contribution is 6.34. The maximum absolute atomic E-state index is 6.07. The minimum absolute atomic E-state index is 0.598. The molecule has 0 unspecified atom stereocenters. The maximum Gasteiger partial charge on any atom is 0.119 e. The molecule has 0 spiro atoms. The van der Waals surface area contributed by atoms with Crippen LogP contribution in [0.1, 0.15) is 0 Å². The molecule has 0 atom stereocenters. The first kappa shape index (κ1) is 11.6. The summed E-state index contributed by atoms with van der Waals surface area (Å²) in [4.78, 5) is 0. The van der Waals surface area contributed by atoms with Crippen molar-refractivity contribution >= 4 is 28.7 Å². The minimum atomic E-state index is 0.598. The Morgan fingerprint density at radius 1 is 1.12 bits per heavy atom. The molecule has 0 aliphatic carbocycles. The lowest BCUT2D eigenvalue weighted by molar-refractivity contribution is 0.415. The molecule has 2 rings (SSSR count). The molecule has 0 bridgehead atoms. The van der Waals surface area contributed by atoms with Gasteiger partial charge in [-0.05, 0) is 36.4 Å². The number of nitrogen functional groups attached to an aromatic ring is 1. The van der Waals surface area contributed by atoms with Gasteiger partial charge in [0.05, 0.1) is 23.5 Å². The number of hydrogen-bond acceptors (Lipinski definition) is 3. The number of benzene rings is 2. The smallest absolute Gasteiger partial charge is 0.119 e. The van der Waals surface area contributed by atoms with Crippen LogP contribution in [0.25, 0.3) is 0 Å². The van der Waals surface area contributed by atoms with Gasteiger partial charge in [-0.15, -0.1) is 0 Å². The van der Waals surface area contributed by atoms with Gasteiger partial charge in [0.25, 0.3) is 0 Å². The molecule has 0 saturated carbocycles. The zero-order valence-corrected chi connectivity index (χ0v) is 10.2. The standard InChI is InChI=1S/C13H13ClN2O/c1-17-10-7-5-9(6-8-10)16-13-11(14)3-2-4-12(13)15/h2-8,16H,15H2,1H3. The highest BCUT2D eigenvalue weighted by atomic mass is 35.5. The fraction of sp³-hybridized carbons (Fsp3) is 0.0769. The van der Waals surface area contributed by atoms with E-state index in [1.165, 1.54) is 0 Å². The average Bonchev–Trinajstić information content (AvgIpc) is 2.35. The second-order valence-corrected chi connectivity index (χ2v) is 3.96. The maximum atomic E-state index is 6.07. The molecule has 0 aliphatic heterocycles. The molecule has 2 aromatic carbocycles.